The number of nitrogens with two attached hydrogens (primary N) is 4. The van der Waals surface area contributed by atoms with Crippen molar-refractivity contribution in [3.05, 3.63) is 163 Å². The maximum Gasteiger partial charge on any atom is 0.295 e. The molecule has 0 aliphatic rings. The lowest BCUT2D eigenvalue weighted by molar-refractivity contribution is 0.477. The molecule has 0 fully saturated rings. The van der Waals surface area contributed by atoms with Crippen LogP contribution >= 0.6 is 0 Å². The first-order valence-electron chi connectivity index (χ1n) is 22.4. The van der Waals surface area contributed by atoms with Gasteiger partial charge in [-0.3, -0.25) is 27.3 Å². The highest BCUT2D eigenvalue weighted by atomic mass is 32.2. The van der Waals surface area contributed by atoms with Gasteiger partial charge in [0.15, 0.2) is 9.84 Å². The molecule has 0 heterocycles. The summed E-state index contributed by atoms with van der Waals surface area (Å²) in [4.78, 5) is -3.15. The van der Waals surface area contributed by atoms with Crippen LogP contribution in [-0.4, -0.2) is 107 Å². The first-order chi connectivity index (χ1) is 38.3. The summed E-state index contributed by atoms with van der Waals surface area (Å²) in [6, 6.07) is 34.3. The second-order valence-electron chi connectivity index (χ2n) is 17.1. The molecule has 0 amide bonds. The molecule has 0 bridgehead atoms. The largest absolute Gasteiger partial charge is 0.399 e. The summed E-state index contributed by atoms with van der Waals surface area (Å²) in [6.45, 7) is 2.08. The number of hydrogen-bond donors (Lipinski definition) is 11. The molecule has 8 rings (SSSR count). The van der Waals surface area contributed by atoms with Crippen molar-refractivity contribution < 1.29 is 95.0 Å². The Balaban J connectivity index is 0.000000284. The quantitative estimate of drug-likeness (QED) is 0.0276. The Labute approximate surface area is 490 Å². The molecule has 0 aliphatic heterocycles. The van der Waals surface area contributed by atoms with E-state index in [2.05, 4.69) is 16.1 Å². The molecule has 0 aromatic heterocycles. The predicted molar refractivity (Wildman–Crippen MR) is 319 cm³/mol. The van der Waals surface area contributed by atoms with Crippen LogP contribution in [0.2, 0.25) is 0 Å². The molecular formula is C49H54N6O22S8. The number of fused-ring (bicyclic) bond motifs is 2. The zero-order valence-electron chi connectivity index (χ0n) is 43.1. The third kappa shape index (κ3) is 21.6. The summed E-state index contributed by atoms with van der Waals surface area (Å²) in [6.07, 6.45) is 0.879. The first-order valence-corrected chi connectivity index (χ1v) is 34.6. The standard InChI is InChI=1S/C13H13N3O2S.C11H11NO8S3.C11H10O6S2.C7H9NO3S.C6H7NO3S.CH4/c1-19(17,18)13-8-6-12(7-9-13)16-15-11-4-2-10(14)3-5-11;1-21(13,14)7-2-6-3-8(22(15,16)17)5-10(23(18,19)20)11(6)9(12)4-7;1-7-2-3-8-5-9(18(12,13)14)6-11(10(8)4-7)19(15,16)17;8-5-6-1-3-7(4-2-6)12(9,10)11;7-5-2-1-3-6(4-5)11(8,9)10;/h2-9H,1,14H2,(H,17,18);2-5H,12H2,1H3,(H,15,16,17)(H,18,19,20);2-6H,1H3,(H,12,13,14)(H,15,16,17);1-4H,5,8H2,(H,9,10,11);1-4H,7H2,(H,8,9,10);1H4. The van der Waals surface area contributed by atoms with Crippen molar-refractivity contribution in [2.75, 3.05) is 23.5 Å². The van der Waals surface area contributed by atoms with Crippen LogP contribution in [0.1, 0.15) is 18.6 Å². The Bertz CT molecular complexity index is 4760. The van der Waals surface area contributed by atoms with E-state index < -0.39 is 99.9 Å². The van der Waals surface area contributed by atoms with Crippen LogP contribution in [0.5, 0.6) is 0 Å². The van der Waals surface area contributed by atoms with Gasteiger partial charge in [0.1, 0.15) is 19.6 Å². The van der Waals surface area contributed by atoms with E-state index in [4.69, 9.17) is 45.7 Å². The number of hydrogen-bond acceptors (Lipinski definition) is 21. The summed E-state index contributed by atoms with van der Waals surface area (Å²) in [5, 5.41) is 8.08. The Hall–Kier alpha value is -7.37. The molecule has 15 N–H and O–H groups in total. The van der Waals surface area contributed by atoms with E-state index >= 15 is 0 Å². The maximum absolute atomic E-state index is 11.6. The van der Waals surface area contributed by atoms with Gasteiger partial charge in [-0.25, -0.2) is 12.6 Å². The van der Waals surface area contributed by atoms with Gasteiger partial charge in [0, 0.05) is 40.6 Å². The first kappa shape index (κ1) is 71.9. The number of azo groups is 1. The summed E-state index contributed by atoms with van der Waals surface area (Å²) in [5.74, 6) is 3.19. The van der Waals surface area contributed by atoms with E-state index in [1.54, 1.807) is 61.5 Å². The van der Waals surface area contributed by atoms with Crippen LogP contribution in [0.4, 0.5) is 28.4 Å². The number of benzene rings is 8. The van der Waals surface area contributed by atoms with Crippen LogP contribution < -0.4 is 22.9 Å². The van der Waals surface area contributed by atoms with E-state index in [0.717, 1.165) is 47.7 Å². The van der Waals surface area contributed by atoms with Crippen molar-refractivity contribution >= 4 is 136 Å². The van der Waals surface area contributed by atoms with Crippen LogP contribution in [0.15, 0.2) is 201 Å². The molecule has 0 aliphatic carbocycles. The van der Waals surface area contributed by atoms with E-state index in [9.17, 15) is 72.2 Å². The number of anilines is 3. The highest BCUT2D eigenvalue weighted by Crippen LogP contribution is 2.34. The molecule has 0 spiro atoms. The molecule has 36 heteroatoms. The fourth-order valence-electron chi connectivity index (χ4n) is 6.65. The Morgan fingerprint density at radius 1 is 0.424 bits per heavy atom. The average Bonchev–Trinajstić information content (AvgIpc) is 1.06. The third-order valence-electron chi connectivity index (χ3n) is 10.6. The second-order valence-corrected chi connectivity index (χ2v) is 29.4. The van der Waals surface area contributed by atoms with Crippen molar-refractivity contribution in [3.8, 4) is 0 Å². The lowest BCUT2D eigenvalue weighted by Crippen LogP contribution is -2.07. The zero-order valence-corrected chi connectivity index (χ0v) is 49.6. The van der Waals surface area contributed by atoms with E-state index in [1.165, 1.54) is 60.7 Å². The van der Waals surface area contributed by atoms with E-state index in [1.807, 2.05) is 0 Å². The van der Waals surface area contributed by atoms with Crippen molar-refractivity contribution in [3.63, 3.8) is 0 Å². The van der Waals surface area contributed by atoms with Crippen LogP contribution in [0.3, 0.4) is 0 Å². The van der Waals surface area contributed by atoms with Gasteiger partial charge in [-0.1, -0.05) is 49.4 Å². The minimum atomic E-state index is -4.89. The average molecular weight is 1340 g/mol. The van der Waals surface area contributed by atoms with Gasteiger partial charge >= 0.3 is 0 Å². The molecule has 1 unspecified atom stereocenters. The lowest BCUT2D eigenvalue weighted by Gasteiger charge is -2.11. The molecule has 85 heavy (non-hydrogen) atoms. The summed E-state index contributed by atoms with van der Waals surface area (Å²) in [7, 11) is -33.9. The Morgan fingerprint density at radius 3 is 1.27 bits per heavy atom. The number of rotatable bonds is 11. The molecule has 8 aromatic carbocycles. The highest BCUT2D eigenvalue weighted by molar-refractivity contribution is 7.95. The van der Waals surface area contributed by atoms with Crippen LogP contribution in [0.25, 0.3) is 21.5 Å². The van der Waals surface area contributed by atoms with E-state index in [-0.39, 0.29) is 54.2 Å². The molecule has 1 atom stereocenters. The minimum Gasteiger partial charge on any atom is -0.399 e. The fourth-order valence-corrected chi connectivity index (χ4v) is 11.6. The molecular weight excluding hydrogens is 1280 g/mol. The molecule has 0 saturated heterocycles. The lowest BCUT2D eigenvalue weighted by atomic mass is 10.1. The summed E-state index contributed by atoms with van der Waals surface area (Å²) >= 11 is 0. The van der Waals surface area contributed by atoms with Gasteiger partial charge < -0.3 is 27.5 Å². The van der Waals surface area contributed by atoms with Crippen molar-refractivity contribution in [2.24, 2.45) is 16.0 Å². The number of nitrogens with zero attached hydrogens (tertiary/aromatic N) is 2. The topological polar surface area (TPSA) is 526 Å². The molecule has 28 nitrogen and oxygen atoms in total. The Kier molecular flexibility index (Phi) is 23.5. The van der Waals surface area contributed by atoms with Gasteiger partial charge in [0.2, 0.25) is 0 Å². The monoisotopic (exact) mass is 1330 g/mol. The van der Waals surface area contributed by atoms with Crippen molar-refractivity contribution in [1.82, 2.24) is 0 Å². The highest BCUT2D eigenvalue weighted by Gasteiger charge is 2.24. The van der Waals surface area contributed by atoms with Gasteiger partial charge in [0.05, 0.1) is 40.7 Å². The maximum atomic E-state index is 11.6. The SMILES string of the molecule is C.C=S(=O)(O)c1ccc(N=Nc2ccc(N)cc2)cc1.CS(=O)(=O)c1cc(N)c2c(S(=O)(=O)O)cc(S(=O)(=O)O)cc2c1.Cc1ccc2cc(S(=O)(=O)O)cc(S(=O)(=O)O)c2c1.NCc1ccc(S(=O)(=O)O)cc1.Nc1cccc(S(=O)(=O)O)c1. The fraction of sp³-hybridized carbons (Fsp3) is 0.0816. The molecule has 8 aromatic rings. The van der Waals surface area contributed by atoms with Gasteiger partial charge in [-0.05, 0) is 144 Å². The number of sulfone groups is 1. The Morgan fingerprint density at radius 2 is 0.859 bits per heavy atom. The molecule has 0 radical (unpaired) electrons. The number of aryl methyl sites for hydroxylation is 1. The molecule has 0 saturated carbocycles. The van der Waals surface area contributed by atoms with Crippen molar-refractivity contribution in [2.45, 2.75) is 60.1 Å². The summed E-state index contributed by atoms with van der Waals surface area (Å²) in [5.41, 5.74) is 25.3. The van der Waals surface area contributed by atoms with Crippen LogP contribution in [-0.2, 0) is 86.9 Å². The predicted octanol–water partition coefficient (Wildman–Crippen LogP) is 6.74. The van der Waals surface area contributed by atoms with Crippen molar-refractivity contribution in [1.29, 1.82) is 0 Å². The van der Waals surface area contributed by atoms with Gasteiger partial charge in [-0.2, -0.15) is 60.7 Å². The normalized spacial score (nSPS) is 12.8. The second kappa shape index (κ2) is 27.8. The van der Waals surface area contributed by atoms with Gasteiger partial charge in [-0.15, -0.1) is 0 Å². The number of nitrogen functional groups attached to an aromatic ring is 3. The van der Waals surface area contributed by atoms with Gasteiger partial charge in [0.25, 0.3) is 60.7 Å². The van der Waals surface area contributed by atoms with Crippen LogP contribution in [0, 0.1) is 6.92 Å². The third-order valence-corrected chi connectivity index (χ3v) is 17.9. The zero-order chi connectivity index (χ0) is 63.8. The molecule has 460 valence electrons. The van der Waals surface area contributed by atoms with E-state index in [0.29, 0.717) is 35.4 Å². The smallest absolute Gasteiger partial charge is 0.295 e. The minimum absolute atomic E-state index is 0. The summed E-state index contributed by atoms with van der Waals surface area (Å²) < 4.78 is 230.